The number of aromatic nitrogens is 1. The Hall–Kier alpha value is -0.900. The summed E-state index contributed by atoms with van der Waals surface area (Å²) in [6.07, 6.45) is 5.44. The topological polar surface area (TPSA) is 47.0 Å². The summed E-state index contributed by atoms with van der Waals surface area (Å²) in [7, 11) is -3.10. The van der Waals surface area contributed by atoms with Gasteiger partial charge in [-0.2, -0.15) is 0 Å². The second-order valence-electron chi connectivity index (χ2n) is 2.80. The number of pyridine rings is 1. The van der Waals surface area contributed by atoms with Crippen molar-refractivity contribution in [2.75, 3.05) is 6.26 Å². The van der Waals surface area contributed by atoms with E-state index >= 15 is 0 Å². The van der Waals surface area contributed by atoms with Gasteiger partial charge in [-0.3, -0.25) is 4.98 Å². The minimum absolute atomic E-state index is 0.321. The molecule has 1 aromatic rings. The van der Waals surface area contributed by atoms with Crippen molar-refractivity contribution in [1.29, 1.82) is 0 Å². The van der Waals surface area contributed by atoms with Crippen LogP contribution in [0.15, 0.2) is 23.2 Å². The summed E-state index contributed by atoms with van der Waals surface area (Å²) < 4.78 is 22.3. The zero-order chi connectivity index (χ0) is 9.90. The van der Waals surface area contributed by atoms with Gasteiger partial charge in [-0.15, -0.1) is 0 Å². The van der Waals surface area contributed by atoms with Gasteiger partial charge in [0.05, 0.1) is 4.90 Å². The lowest BCUT2D eigenvalue weighted by molar-refractivity contribution is 0.601. The first-order valence-electron chi connectivity index (χ1n) is 4.03. The maximum atomic E-state index is 11.1. The van der Waals surface area contributed by atoms with Gasteiger partial charge in [0.2, 0.25) is 0 Å². The second-order valence-corrected chi connectivity index (χ2v) is 4.82. The van der Waals surface area contributed by atoms with Crippen molar-refractivity contribution >= 4 is 9.84 Å². The third kappa shape index (κ3) is 2.81. The molecule has 0 bridgehead atoms. The highest BCUT2D eigenvalue weighted by Gasteiger charge is 2.07. The van der Waals surface area contributed by atoms with E-state index < -0.39 is 9.84 Å². The van der Waals surface area contributed by atoms with Crippen LogP contribution in [0.25, 0.3) is 0 Å². The van der Waals surface area contributed by atoms with Crippen molar-refractivity contribution in [1.82, 2.24) is 4.98 Å². The van der Waals surface area contributed by atoms with Gasteiger partial charge in [0.15, 0.2) is 9.84 Å². The highest BCUT2D eigenvalue weighted by atomic mass is 32.2. The van der Waals surface area contributed by atoms with Crippen LogP contribution in [0.1, 0.15) is 19.0 Å². The number of nitrogens with zero attached hydrogens (tertiary/aromatic N) is 1. The van der Waals surface area contributed by atoms with Crippen LogP contribution in [0.2, 0.25) is 0 Å². The van der Waals surface area contributed by atoms with Gasteiger partial charge in [0.25, 0.3) is 0 Å². The molecule has 0 saturated carbocycles. The molecular weight excluding hydrogens is 186 g/mol. The lowest BCUT2D eigenvalue weighted by Crippen LogP contribution is -1.98. The van der Waals surface area contributed by atoms with Crippen LogP contribution in [-0.4, -0.2) is 19.7 Å². The summed E-state index contributed by atoms with van der Waals surface area (Å²) in [5, 5.41) is 0. The first-order chi connectivity index (χ1) is 6.04. The minimum Gasteiger partial charge on any atom is -0.261 e. The first-order valence-corrected chi connectivity index (χ1v) is 5.92. The Morgan fingerprint density at radius 2 is 2.23 bits per heavy atom. The summed E-state index contributed by atoms with van der Waals surface area (Å²) in [4.78, 5) is 4.34. The molecule has 1 radical (unpaired) electrons. The van der Waals surface area contributed by atoms with Crippen LogP contribution in [-0.2, 0) is 9.84 Å². The van der Waals surface area contributed by atoms with E-state index in [1.54, 1.807) is 6.07 Å². The van der Waals surface area contributed by atoms with Gasteiger partial charge in [-0.25, -0.2) is 8.42 Å². The van der Waals surface area contributed by atoms with Gasteiger partial charge in [-0.05, 0) is 18.6 Å². The van der Waals surface area contributed by atoms with Crippen molar-refractivity contribution in [2.24, 2.45) is 0 Å². The zero-order valence-corrected chi connectivity index (χ0v) is 8.50. The molecule has 0 amide bonds. The molecule has 0 aliphatic heterocycles. The molecular formula is C9H12NO2S. The number of rotatable bonds is 3. The van der Waals surface area contributed by atoms with Crippen LogP contribution in [0.5, 0.6) is 0 Å². The van der Waals surface area contributed by atoms with Crippen molar-refractivity contribution in [2.45, 2.75) is 18.2 Å². The molecule has 1 heterocycles. The van der Waals surface area contributed by atoms with E-state index in [-0.39, 0.29) is 0 Å². The SMILES string of the molecule is CC[CH]c1cc(S(C)(=O)=O)ccn1. The van der Waals surface area contributed by atoms with Gasteiger partial charge in [0.1, 0.15) is 0 Å². The average Bonchev–Trinajstić information content (AvgIpc) is 2.04. The van der Waals surface area contributed by atoms with E-state index in [1.807, 2.05) is 13.3 Å². The highest BCUT2D eigenvalue weighted by Crippen LogP contribution is 2.10. The fourth-order valence-electron chi connectivity index (χ4n) is 0.979. The largest absolute Gasteiger partial charge is 0.261 e. The maximum absolute atomic E-state index is 11.1. The molecule has 0 saturated heterocycles. The molecule has 3 nitrogen and oxygen atoms in total. The second kappa shape index (κ2) is 3.87. The smallest absolute Gasteiger partial charge is 0.175 e. The minimum atomic E-state index is -3.10. The van der Waals surface area contributed by atoms with E-state index in [4.69, 9.17) is 0 Å². The predicted molar refractivity (Wildman–Crippen MR) is 51.0 cm³/mol. The Morgan fingerprint density at radius 3 is 2.77 bits per heavy atom. The zero-order valence-electron chi connectivity index (χ0n) is 7.69. The Kier molecular flexibility index (Phi) is 3.03. The molecule has 0 fully saturated rings. The third-order valence-electron chi connectivity index (χ3n) is 1.59. The molecule has 1 rings (SSSR count). The Balaban J connectivity index is 3.06. The molecule has 0 spiro atoms. The quantitative estimate of drug-likeness (QED) is 0.738. The fourth-order valence-corrected chi connectivity index (χ4v) is 1.62. The molecule has 4 heteroatoms. The molecule has 0 N–H and O–H groups in total. The van der Waals surface area contributed by atoms with Crippen molar-refractivity contribution in [3.05, 3.63) is 30.4 Å². The van der Waals surface area contributed by atoms with E-state index in [0.29, 0.717) is 10.6 Å². The van der Waals surface area contributed by atoms with Crippen LogP contribution < -0.4 is 0 Å². The molecule has 0 unspecified atom stereocenters. The normalized spacial score (nSPS) is 11.5. The van der Waals surface area contributed by atoms with Crippen LogP contribution in [0, 0.1) is 6.42 Å². The van der Waals surface area contributed by atoms with Crippen LogP contribution >= 0.6 is 0 Å². The van der Waals surface area contributed by atoms with Crippen molar-refractivity contribution in [3.63, 3.8) is 0 Å². The van der Waals surface area contributed by atoms with E-state index in [1.165, 1.54) is 18.5 Å². The Labute approximate surface area is 78.7 Å². The van der Waals surface area contributed by atoms with E-state index in [0.717, 1.165) is 6.42 Å². The lowest BCUT2D eigenvalue weighted by Gasteiger charge is -2.00. The number of hydrogen-bond donors (Lipinski definition) is 0. The van der Waals surface area contributed by atoms with Gasteiger partial charge >= 0.3 is 0 Å². The van der Waals surface area contributed by atoms with E-state index in [2.05, 4.69) is 4.98 Å². The predicted octanol–water partition coefficient (Wildman–Crippen LogP) is 1.45. The van der Waals surface area contributed by atoms with Crippen LogP contribution in [0.4, 0.5) is 0 Å². The molecule has 0 atom stereocenters. The monoisotopic (exact) mass is 198 g/mol. The molecule has 0 aromatic carbocycles. The van der Waals surface area contributed by atoms with Gasteiger partial charge in [-0.1, -0.05) is 6.92 Å². The average molecular weight is 198 g/mol. The van der Waals surface area contributed by atoms with Crippen LogP contribution in [0.3, 0.4) is 0 Å². The molecule has 13 heavy (non-hydrogen) atoms. The van der Waals surface area contributed by atoms with Crippen molar-refractivity contribution < 1.29 is 8.42 Å². The van der Waals surface area contributed by atoms with Crippen molar-refractivity contribution in [3.8, 4) is 0 Å². The fraction of sp³-hybridized carbons (Fsp3) is 0.333. The maximum Gasteiger partial charge on any atom is 0.175 e. The summed E-state index contributed by atoms with van der Waals surface area (Å²) in [5.41, 5.74) is 0.713. The summed E-state index contributed by atoms with van der Waals surface area (Å²) in [6, 6.07) is 3.08. The first kappa shape index (κ1) is 10.2. The molecule has 0 aliphatic rings. The lowest BCUT2D eigenvalue weighted by atomic mass is 10.2. The summed E-state index contributed by atoms with van der Waals surface area (Å²) in [5.74, 6) is 0. The van der Waals surface area contributed by atoms with Gasteiger partial charge in [0, 0.05) is 24.6 Å². The Bertz CT molecular complexity index is 384. The standard InChI is InChI=1S/C9H12NO2S/c1-3-4-8-7-9(5-6-10-8)13(2,11)12/h4-7H,3H2,1-2H3. The molecule has 71 valence electrons. The summed E-state index contributed by atoms with van der Waals surface area (Å²) >= 11 is 0. The number of hydrogen-bond acceptors (Lipinski definition) is 3. The molecule has 0 aliphatic carbocycles. The highest BCUT2D eigenvalue weighted by molar-refractivity contribution is 7.90. The Morgan fingerprint density at radius 1 is 1.54 bits per heavy atom. The number of sulfone groups is 1. The van der Waals surface area contributed by atoms with E-state index in [9.17, 15) is 8.42 Å². The molecule has 1 aromatic heterocycles. The third-order valence-corrected chi connectivity index (χ3v) is 2.70. The van der Waals surface area contributed by atoms with Gasteiger partial charge < -0.3 is 0 Å². The summed E-state index contributed by atoms with van der Waals surface area (Å²) in [6.45, 7) is 1.98.